The Kier molecular flexibility index (Phi) is 4.94. The van der Waals surface area contributed by atoms with Crippen LogP contribution in [0.25, 0.3) is 0 Å². The van der Waals surface area contributed by atoms with Crippen LogP contribution < -0.4 is 15.0 Å². The maximum atomic E-state index is 13.2. The predicted octanol–water partition coefficient (Wildman–Crippen LogP) is 5.50. The minimum Gasteiger partial charge on any atom is -0.454 e. The van der Waals surface area contributed by atoms with Crippen LogP contribution in [0.1, 0.15) is 27.6 Å². The Balaban J connectivity index is 1.68. The lowest BCUT2D eigenvalue weighted by molar-refractivity contribution is 0.0985. The Hall–Kier alpha value is -3.38. The van der Waals surface area contributed by atoms with Gasteiger partial charge in [0, 0.05) is 12.2 Å². The molecule has 2 amide bonds. The fourth-order valence-corrected chi connectivity index (χ4v) is 3.44. The number of nitrogens with one attached hydrogen (secondary N) is 1. The third-order valence-corrected chi connectivity index (χ3v) is 4.89. The molecule has 3 aromatic carbocycles. The van der Waals surface area contributed by atoms with Crippen molar-refractivity contribution in [1.82, 2.24) is 0 Å². The third kappa shape index (κ3) is 3.54. The molecular weight excluding hydrogens is 395 g/mol. The smallest absolute Gasteiger partial charge is 0.262 e. The molecule has 0 fully saturated rings. The third-order valence-electron chi connectivity index (χ3n) is 4.58. The van der Waals surface area contributed by atoms with Gasteiger partial charge in [-0.25, -0.2) is 4.39 Å². The lowest BCUT2D eigenvalue weighted by atomic mass is 10.1. The average Bonchev–Trinajstić information content (AvgIpc) is 2.81. The van der Waals surface area contributed by atoms with Crippen LogP contribution in [0.2, 0.25) is 5.02 Å². The summed E-state index contributed by atoms with van der Waals surface area (Å²) in [6, 6.07) is 15.6. The highest BCUT2D eigenvalue weighted by atomic mass is 35.5. The number of halogens is 2. The van der Waals surface area contributed by atoms with Gasteiger partial charge in [0.1, 0.15) is 11.6 Å². The highest BCUT2D eigenvalue weighted by molar-refractivity contribution is 6.34. The molecule has 1 N–H and O–H groups in total. The molecule has 0 unspecified atom stereocenters. The molecule has 0 aliphatic carbocycles. The number of para-hydroxylation sites is 2. The van der Waals surface area contributed by atoms with Crippen molar-refractivity contribution in [3.8, 4) is 11.5 Å². The molecular formula is C22H16ClFN2O3. The van der Waals surface area contributed by atoms with Crippen LogP contribution in [0.4, 0.5) is 15.8 Å². The lowest BCUT2D eigenvalue weighted by Gasteiger charge is -2.19. The number of rotatable bonds is 3. The second-order valence-electron chi connectivity index (χ2n) is 6.41. The second kappa shape index (κ2) is 7.56. The van der Waals surface area contributed by atoms with E-state index in [1.54, 1.807) is 29.2 Å². The van der Waals surface area contributed by atoms with E-state index in [1.807, 2.05) is 25.1 Å². The summed E-state index contributed by atoms with van der Waals surface area (Å²) in [5.41, 5.74) is 1.53. The fraction of sp³-hybridized carbons (Fsp3) is 0.0909. The van der Waals surface area contributed by atoms with E-state index >= 15 is 0 Å². The van der Waals surface area contributed by atoms with Gasteiger partial charge in [0.2, 0.25) is 0 Å². The second-order valence-corrected chi connectivity index (χ2v) is 6.82. The van der Waals surface area contributed by atoms with Crippen LogP contribution in [0.15, 0.2) is 60.7 Å². The molecule has 7 heteroatoms. The van der Waals surface area contributed by atoms with Crippen molar-refractivity contribution in [3.05, 3.63) is 82.6 Å². The molecule has 29 heavy (non-hydrogen) atoms. The average molecular weight is 411 g/mol. The van der Waals surface area contributed by atoms with Gasteiger partial charge in [-0.05, 0) is 55.5 Å². The molecule has 0 radical (unpaired) electrons. The molecule has 0 spiro atoms. The molecule has 146 valence electrons. The first-order valence-electron chi connectivity index (χ1n) is 8.97. The predicted molar refractivity (Wildman–Crippen MR) is 110 cm³/mol. The summed E-state index contributed by atoms with van der Waals surface area (Å²) in [4.78, 5) is 27.2. The highest BCUT2D eigenvalue weighted by Crippen LogP contribution is 2.39. The van der Waals surface area contributed by atoms with Crippen LogP contribution in [0.3, 0.4) is 0 Å². The number of carbonyl (C=O) groups is 2. The quantitative estimate of drug-likeness (QED) is 0.619. The topological polar surface area (TPSA) is 58.6 Å². The zero-order valence-corrected chi connectivity index (χ0v) is 16.2. The van der Waals surface area contributed by atoms with Crippen molar-refractivity contribution >= 4 is 34.8 Å². The van der Waals surface area contributed by atoms with E-state index in [-0.39, 0.29) is 16.5 Å². The van der Waals surface area contributed by atoms with E-state index in [9.17, 15) is 14.0 Å². The Labute approximate surface area is 171 Å². The minimum absolute atomic E-state index is 0.00396. The van der Waals surface area contributed by atoms with Gasteiger partial charge < -0.3 is 15.0 Å². The molecule has 3 aromatic rings. The summed E-state index contributed by atoms with van der Waals surface area (Å²) in [7, 11) is 0. The SMILES string of the molecule is CCN1C(=O)c2cc(NC(=O)c3ccc(F)cc3Cl)ccc2Oc2ccccc21. The normalized spacial score (nSPS) is 12.5. The van der Waals surface area contributed by atoms with E-state index in [4.69, 9.17) is 16.3 Å². The number of amides is 2. The van der Waals surface area contributed by atoms with E-state index < -0.39 is 11.7 Å². The first-order chi connectivity index (χ1) is 14.0. The van der Waals surface area contributed by atoms with E-state index in [1.165, 1.54) is 6.07 Å². The fourth-order valence-electron chi connectivity index (χ4n) is 3.19. The molecule has 0 saturated carbocycles. The van der Waals surface area contributed by atoms with E-state index in [0.717, 1.165) is 12.1 Å². The van der Waals surface area contributed by atoms with Gasteiger partial charge in [-0.3, -0.25) is 9.59 Å². The number of fused-ring (bicyclic) bond motifs is 2. The van der Waals surface area contributed by atoms with Crippen LogP contribution in [-0.4, -0.2) is 18.4 Å². The zero-order chi connectivity index (χ0) is 20.5. The number of anilines is 2. The Bertz CT molecular complexity index is 1130. The van der Waals surface area contributed by atoms with E-state index in [2.05, 4.69) is 5.32 Å². The van der Waals surface area contributed by atoms with Crippen molar-refractivity contribution in [3.63, 3.8) is 0 Å². The summed E-state index contributed by atoms with van der Waals surface area (Å²) in [6.45, 7) is 2.34. The van der Waals surface area contributed by atoms with Gasteiger partial charge in [-0.1, -0.05) is 23.7 Å². The van der Waals surface area contributed by atoms with Gasteiger partial charge >= 0.3 is 0 Å². The molecule has 1 heterocycles. The summed E-state index contributed by atoms with van der Waals surface area (Å²) >= 11 is 5.96. The van der Waals surface area contributed by atoms with Gasteiger partial charge in [-0.2, -0.15) is 0 Å². The Morgan fingerprint density at radius 3 is 2.66 bits per heavy atom. The standard InChI is InChI=1S/C22H16ClFN2O3/c1-2-26-18-5-3-4-6-20(18)29-19-10-8-14(12-16(19)22(26)28)25-21(27)15-9-7-13(24)11-17(15)23/h3-12H,2H2,1H3,(H,25,27). The van der Waals surface area contributed by atoms with Crippen molar-refractivity contribution in [1.29, 1.82) is 0 Å². The zero-order valence-electron chi connectivity index (χ0n) is 15.4. The largest absolute Gasteiger partial charge is 0.454 e. The summed E-state index contributed by atoms with van der Waals surface area (Å²) in [6.07, 6.45) is 0. The number of ether oxygens (including phenoxy) is 1. The van der Waals surface area contributed by atoms with Crippen LogP contribution in [0, 0.1) is 5.82 Å². The number of benzene rings is 3. The monoisotopic (exact) mass is 410 g/mol. The van der Waals surface area contributed by atoms with Crippen molar-refractivity contribution in [2.24, 2.45) is 0 Å². The summed E-state index contributed by atoms with van der Waals surface area (Å²) < 4.78 is 19.2. The molecule has 0 atom stereocenters. The molecule has 4 rings (SSSR count). The van der Waals surface area contributed by atoms with Crippen LogP contribution in [0.5, 0.6) is 11.5 Å². The number of nitrogens with zero attached hydrogens (tertiary/aromatic N) is 1. The first kappa shape index (κ1) is 19.0. The van der Waals surface area contributed by atoms with Gasteiger partial charge in [0.15, 0.2) is 5.75 Å². The molecule has 5 nitrogen and oxygen atoms in total. The Morgan fingerprint density at radius 2 is 1.90 bits per heavy atom. The lowest BCUT2D eigenvalue weighted by Crippen LogP contribution is -2.29. The van der Waals surface area contributed by atoms with Crippen molar-refractivity contribution in [2.75, 3.05) is 16.8 Å². The number of hydrogen-bond donors (Lipinski definition) is 1. The number of carbonyl (C=O) groups excluding carboxylic acids is 2. The molecule has 1 aliphatic rings. The van der Waals surface area contributed by atoms with Gasteiger partial charge in [0.25, 0.3) is 11.8 Å². The summed E-state index contributed by atoms with van der Waals surface area (Å²) in [5, 5.41) is 2.70. The molecule has 1 aliphatic heterocycles. The van der Waals surface area contributed by atoms with Crippen molar-refractivity contribution in [2.45, 2.75) is 6.92 Å². The van der Waals surface area contributed by atoms with Crippen LogP contribution in [-0.2, 0) is 0 Å². The van der Waals surface area contributed by atoms with Crippen LogP contribution >= 0.6 is 11.6 Å². The van der Waals surface area contributed by atoms with Crippen molar-refractivity contribution < 1.29 is 18.7 Å². The molecule has 0 aromatic heterocycles. The molecule has 0 saturated heterocycles. The van der Waals surface area contributed by atoms with E-state index in [0.29, 0.717) is 35.0 Å². The Morgan fingerprint density at radius 1 is 1.10 bits per heavy atom. The van der Waals surface area contributed by atoms with Gasteiger partial charge in [-0.15, -0.1) is 0 Å². The maximum absolute atomic E-state index is 13.2. The molecule has 0 bridgehead atoms. The van der Waals surface area contributed by atoms with Gasteiger partial charge in [0.05, 0.1) is 21.8 Å². The number of hydrogen-bond acceptors (Lipinski definition) is 3. The first-order valence-corrected chi connectivity index (χ1v) is 9.35. The maximum Gasteiger partial charge on any atom is 0.262 e. The highest BCUT2D eigenvalue weighted by Gasteiger charge is 2.27. The summed E-state index contributed by atoms with van der Waals surface area (Å²) in [5.74, 6) is -0.290. The minimum atomic E-state index is -0.529.